The van der Waals surface area contributed by atoms with Crippen LogP contribution in [0, 0.1) is 12.8 Å². The Morgan fingerprint density at radius 2 is 2.00 bits per heavy atom. The Balaban J connectivity index is 1.46. The minimum atomic E-state index is -0.831. The van der Waals surface area contributed by atoms with Gasteiger partial charge in [-0.1, -0.05) is 26.0 Å². The summed E-state index contributed by atoms with van der Waals surface area (Å²) in [6, 6.07) is 8.12. The van der Waals surface area contributed by atoms with Crippen LogP contribution in [0.25, 0.3) is 5.69 Å². The molecule has 1 fully saturated rings. The quantitative estimate of drug-likeness (QED) is 0.386. The van der Waals surface area contributed by atoms with Gasteiger partial charge in [0.05, 0.1) is 12.1 Å². The molecule has 2 N–H and O–H groups in total. The number of nitrogens with zero attached hydrogens (tertiary/aromatic N) is 4. The van der Waals surface area contributed by atoms with Crippen LogP contribution < -0.4 is 10.1 Å². The molecule has 0 radical (unpaired) electrons. The predicted octanol–water partition coefficient (Wildman–Crippen LogP) is 2.33. The van der Waals surface area contributed by atoms with Gasteiger partial charge < -0.3 is 29.2 Å². The fourth-order valence-electron chi connectivity index (χ4n) is 4.79. The Kier molecular flexibility index (Phi) is 8.26. The highest BCUT2D eigenvalue weighted by Crippen LogP contribution is 2.32. The topological polar surface area (TPSA) is 140 Å². The molecule has 202 valence electrons. The van der Waals surface area contributed by atoms with Crippen LogP contribution in [0.5, 0.6) is 5.88 Å². The van der Waals surface area contributed by atoms with Gasteiger partial charge in [0, 0.05) is 37.1 Å². The number of aliphatic hydroxyl groups excluding tert-OH is 1. The van der Waals surface area contributed by atoms with Gasteiger partial charge in [-0.2, -0.15) is 0 Å². The zero-order valence-corrected chi connectivity index (χ0v) is 21.9. The predicted molar refractivity (Wildman–Crippen MR) is 137 cm³/mol. The van der Waals surface area contributed by atoms with Crippen molar-refractivity contribution in [2.75, 3.05) is 13.2 Å². The Bertz CT molecular complexity index is 1270. The number of likely N-dealkylation sites (tertiary alicyclic amines) is 1. The van der Waals surface area contributed by atoms with Gasteiger partial charge in [-0.15, -0.1) is 0 Å². The molecule has 1 saturated heterocycles. The molecule has 1 aliphatic heterocycles. The minimum absolute atomic E-state index is 0.0378. The monoisotopic (exact) mass is 523 g/mol. The number of nitrogens with one attached hydrogen (secondary N) is 1. The molecule has 1 aromatic carbocycles. The summed E-state index contributed by atoms with van der Waals surface area (Å²) in [6.07, 6.45) is 3.52. The fourth-order valence-corrected chi connectivity index (χ4v) is 4.79. The zero-order valence-electron chi connectivity index (χ0n) is 21.9. The lowest BCUT2D eigenvalue weighted by Crippen LogP contribution is -2.48. The molecule has 0 aliphatic carbocycles. The number of benzene rings is 1. The summed E-state index contributed by atoms with van der Waals surface area (Å²) in [6.45, 7) is 7.37. The molecule has 0 bridgehead atoms. The smallest absolute Gasteiger partial charge is 0.254 e. The maximum absolute atomic E-state index is 13.6. The molecular formula is C27H33N5O6. The van der Waals surface area contributed by atoms with Gasteiger partial charge in [-0.3, -0.25) is 14.4 Å². The summed E-state index contributed by atoms with van der Waals surface area (Å²) < 4.78 is 12.5. The van der Waals surface area contributed by atoms with Gasteiger partial charge >= 0.3 is 0 Å². The number of ether oxygens (including phenoxy) is 1. The minimum Gasteiger partial charge on any atom is -0.468 e. The Morgan fingerprint density at radius 3 is 2.63 bits per heavy atom. The van der Waals surface area contributed by atoms with Gasteiger partial charge in [0.25, 0.3) is 5.88 Å². The number of aryl methyl sites for hydroxylation is 1. The highest BCUT2D eigenvalue weighted by atomic mass is 16.5. The van der Waals surface area contributed by atoms with E-state index < -0.39 is 18.1 Å². The van der Waals surface area contributed by atoms with Crippen molar-refractivity contribution in [3.05, 3.63) is 59.9 Å². The number of aldehydes is 1. The number of amides is 2. The molecule has 11 nitrogen and oxygen atoms in total. The lowest BCUT2D eigenvalue weighted by molar-refractivity contribution is -0.141. The first-order valence-corrected chi connectivity index (χ1v) is 12.6. The maximum atomic E-state index is 13.6. The number of aliphatic hydroxyl groups is 1. The number of rotatable bonds is 10. The first kappa shape index (κ1) is 27.1. The van der Waals surface area contributed by atoms with E-state index >= 15 is 0 Å². The number of carbonyl (C=O) groups excluding carboxylic acids is 3. The molecule has 2 amide bonds. The lowest BCUT2D eigenvalue weighted by Gasteiger charge is -2.29. The fraction of sp³-hybridized carbons (Fsp3) is 0.444. The molecule has 3 heterocycles. The van der Waals surface area contributed by atoms with Gasteiger partial charge in [-0.25, -0.2) is 4.98 Å². The average molecular weight is 524 g/mol. The second-order valence-corrected chi connectivity index (χ2v) is 9.83. The van der Waals surface area contributed by atoms with Crippen molar-refractivity contribution in [3.8, 4) is 11.6 Å². The molecule has 3 aromatic rings. The molecule has 0 unspecified atom stereocenters. The highest BCUT2D eigenvalue weighted by Gasteiger charge is 2.43. The van der Waals surface area contributed by atoms with E-state index in [2.05, 4.69) is 15.5 Å². The molecule has 11 heteroatoms. The van der Waals surface area contributed by atoms with Gasteiger partial charge in [0.2, 0.25) is 11.8 Å². The number of imidazole rings is 1. The maximum Gasteiger partial charge on any atom is 0.254 e. The van der Waals surface area contributed by atoms with E-state index in [0.29, 0.717) is 6.29 Å². The van der Waals surface area contributed by atoms with Gasteiger partial charge in [-0.05, 0) is 42.6 Å². The average Bonchev–Trinajstić information content (AvgIpc) is 3.62. The largest absolute Gasteiger partial charge is 0.468 e. The third kappa shape index (κ3) is 5.77. The number of carbonyl (C=O) groups is 3. The van der Waals surface area contributed by atoms with Crippen molar-refractivity contribution in [1.29, 1.82) is 0 Å². The van der Waals surface area contributed by atoms with E-state index in [-0.39, 0.29) is 55.0 Å². The van der Waals surface area contributed by atoms with Crippen LogP contribution in [0.2, 0.25) is 0 Å². The Labute approximate surface area is 220 Å². The van der Waals surface area contributed by atoms with Crippen molar-refractivity contribution in [2.45, 2.75) is 58.2 Å². The number of β-amino-alcohol motifs (C(OH)–C–C–N with tert-alkyl or cyclic N) is 1. The molecule has 4 rings (SSSR count). The molecule has 2 aromatic heterocycles. The zero-order chi connectivity index (χ0) is 27.4. The van der Waals surface area contributed by atoms with Crippen LogP contribution in [-0.4, -0.2) is 68.1 Å². The van der Waals surface area contributed by atoms with Crippen LogP contribution in [0.15, 0.2) is 47.2 Å². The van der Waals surface area contributed by atoms with E-state index in [4.69, 9.17) is 9.26 Å². The summed E-state index contributed by atoms with van der Waals surface area (Å²) in [5.74, 6) is -0.369. The standard InChI is InChI=1S/C27H33N5O6/c1-16(2)25(23-14-24(30-38-23)37-12-11-33)27(36)32-15-21(34)13-22(32)26(35)29-17(3)19-5-7-20(8-6-19)31-10-9-28-18(31)4/h5-11,14,16-17,21-22,25,34H,12-13,15H2,1-4H3,(H,29,35)/t17-,21+,22-,25+/m0/s1. The summed E-state index contributed by atoms with van der Waals surface area (Å²) in [7, 11) is 0. The first-order valence-electron chi connectivity index (χ1n) is 12.6. The van der Waals surface area contributed by atoms with Crippen molar-refractivity contribution in [2.24, 2.45) is 5.92 Å². The normalized spacial score (nSPS) is 18.8. The Morgan fingerprint density at radius 1 is 1.26 bits per heavy atom. The Hall–Kier alpha value is -3.99. The second kappa shape index (κ2) is 11.6. The molecule has 0 saturated carbocycles. The molecule has 4 atom stereocenters. The molecule has 38 heavy (non-hydrogen) atoms. The van der Waals surface area contributed by atoms with Crippen molar-refractivity contribution in [1.82, 2.24) is 24.9 Å². The van der Waals surface area contributed by atoms with Crippen molar-refractivity contribution < 1.29 is 28.8 Å². The summed E-state index contributed by atoms with van der Waals surface area (Å²) in [4.78, 5) is 43.2. The molecular weight excluding hydrogens is 490 g/mol. The van der Waals surface area contributed by atoms with Gasteiger partial charge in [0.15, 0.2) is 12.0 Å². The third-order valence-corrected chi connectivity index (χ3v) is 6.77. The van der Waals surface area contributed by atoms with Gasteiger partial charge in [0.1, 0.15) is 24.4 Å². The highest BCUT2D eigenvalue weighted by molar-refractivity contribution is 5.91. The molecule has 1 aliphatic rings. The SMILES string of the molecule is Cc1nccn1-c1ccc([C@H](C)NC(=O)[C@@H]2C[C@@H](O)CN2C(=O)[C@@H](c2cc(OCC=O)no2)C(C)C)cc1. The number of aromatic nitrogens is 3. The molecule has 0 spiro atoms. The summed E-state index contributed by atoms with van der Waals surface area (Å²) >= 11 is 0. The van der Waals surface area contributed by atoms with E-state index in [1.165, 1.54) is 11.0 Å². The van der Waals surface area contributed by atoms with Crippen LogP contribution in [-0.2, 0) is 14.4 Å². The lowest BCUT2D eigenvalue weighted by atomic mass is 9.91. The van der Waals surface area contributed by atoms with Crippen LogP contribution in [0.4, 0.5) is 0 Å². The van der Waals surface area contributed by atoms with E-state index in [9.17, 15) is 19.5 Å². The number of hydrogen-bond acceptors (Lipinski definition) is 8. The van der Waals surface area contributed by atoms with Crippen molar-refractivity contribution in [3.63, 3.8) is 0 Å². The first-order chi connectivity index (χ1) is 18.2. The summed E-state index contributed by atoms with van der Waals surface area (Å²) in [5.41, 5.74) is 1.87. The van der Waals surface area contributed by atoms with E-state index in [0.717, 1.165) is 17.1 Å². The van der Waals surface area contributed by atoms with Crippen molar-refractivity contribution >= 4 is 18.1 Å². The second-order valence-electron chi connectivity index (χ2n) is 9.83. The van der Waals surface area contributed by atoms with Crippen LogP contribution in [0.3, 0.4) is 0 Å². The van der Waals surface area contributed by atoms with E-state index in [1.54, 1.807) is 6.20 Å². The van der Waals surface area contributed by atoms with Crippen LogP contribution in [0.1, 0.15) is 56.3 Å². The summed E-state index contributed by atoms with van der Waals surface area (Å²) in [5, 5.41) is 17.2. The number of hydrogen-bond donors (Lipinski definition) is 2. The van der Waals surface area contributed by atoms with Crippen LogP contribution >= 0.6 is 0 Å². The van der Waals surface area contributed by atoms with E-state index in [1.807, 2.05) is 62.7 Å². The third-order valence-electron chi connectivity index (χ3n) is 6.77.